The Labute approximate surface area is 197 Å². The third-order valence-corrected chi connectivity index (χ3v) is 6.06. The number of carbonyl (C=O) groups is 2. The number of rotatable bonds is 11. The van der Waals surface area contributed by atoms with Gasteiger partial charge in [-0.1, -0.05) is 0 Å². The van der Waals surface area contributed by atoms with Gasteiger partial charge in [-0.2, -0.15) is 0 Å². The summed E-state index contributed by atoms with van der Waals surface area (Å²) in [4.78, 5) is 60.4. The van der Waals surface area contributed by atoms with E-state index in [9.17, 15) is 42.1 Å². The maximum atomic E-state index is 13.3. The minimum absolute atomic E-state index is 0.0142. The Bertz CT molecular complexity index is 1350. The molecule has 0 saturated carbocycles. The van der Waals surface area contributed by atoms with Crippen molar-refractivity contribution in [1.29, 1.82) is 0 Å². The first-order chi connectivity index (χ1) is 16.4. The summed E-state index contributed by atoms with van der Waals surface area (Å²) in [5, 5.41) is 11.1. The van der Waals surface area contributed by atoms with Crippen molar-refractivity contribution >= 4 is 27.6 Å². The van der Waals surface area contributed by atoms with Crippen molar-refractivity contribution in [2.45, 2.75) is 25.3 Å². The number of hydrogen-bond acceptors (Lipinski definition) is 9. The summed E-state index contributed by atoms with van der Waals surface area (Å²) in [5.74, 6) is -2.59. The van der Waals surface area contributed by atoms with Gasteiger partial charge >= 0.3 is 11.7 Å². The molecule has 0 spiro atoms. The maximum absolute atomic E-state index is 13.3. The van der Waals surface area contributed by atoms with Crippen LogP contribution in [0.15, 0.2) is 38.9 Å². The number of amides is 1. The topological polar surface area (TPSA) is 191 Å². The number of nitrogens with one attached hydrogen (secondary N) is 2. The van der Waals surface area contributed by atoms with Crippen molar-refractivity contribution < 1.29 is 32.1 Å². The zero-order valence-electron chi connectivity index (χ0n) is 18.6. The van der Waals surface area contributed by atoms with Gasteiger partial charge in [-0.3, -0.25) is 34.0 Å². The van der Waals surface area contributed by atoms with Gasteiger partial charge in [-0.05, 0) is 26.0 Å². The highest BCUT2D eigenvalue weighted by Gasteiger charge is 2.27. The van der Waals surface area contributed by atoms with Crippen molar-refractivity contribution in [1.82, 2.24) is 19.2 Å². The average molecular weight is 515 g/mol. The molecule has 2 N–H and O–H groups in total. The van der Waals surface area contributed by atoms with Crippen LogP contribution in [0.2, 0.25) is 0 Å². The lowest BCUT2D eigenvalue weighted by atomic mass is 10.3. The molecule has 1 amide bonds. The minimum Gasteiger partial charge on any atom is -0.465 e. The summed E-state index contributed by atoms with van der Waals surface area (Å²) in [5.41, 5.74) is -2.33. The Kier molecular flexibility index (Phi) is 8.96. The van der Waals surface area contributed by atoms with Gasteiger partial charge in [0.15, 0.2) is 4.90 Å². The molecule has 190 valence electrons. The first-order valence-corrected chi connectivity index (χ1v) is 11.5. The number of nitrogens with zero attached hydrogens (tertiary/aromatic N) is 3. The highest BCUT2D eigenvalue weighted by molar-refractivity contribution is 7.89. The number of esters is 1. The van der Waals surface area contributed by atoms with Gasteiger partial charge in [0.05, 0.1) is 17.6 Å². The van der Waals surface area contributed by atoms with Crippen LogP contribution in [0.3, 0.4) is 0 Å². The lowest BCUT2D eigenvalue weighted by Crippen LogP contribution is -2.44. The number of aromatic nitrogens is 2. The van der Waals surface area contributed by atoms with Gasteiger partial charge < -0.3 is 9.64 Å². The van der Waals surface area contributed by atoms with E-state index in [0.29, 0.717) is 6.07 Å². The smallest absolute Gasteiger partial charge is 0.328 e. The van der Waals surface area contributed by atoms with E-state index in [0.717, 1.165) is 27.8 Å². The Hall–Kier alpha value is -3.92. The van der Waals surface area contributed by atoms with E-state index < -0.39 is 74.1 Å². The first-order valence-electron chi connectivity index (χ1n) is 10.0. The lowest BCUT2D eigenvalue weighted by molar-refractivity contribution is -0.388. The molecule has 0 atom stereocenters. The molecular formula is C19H22FN5O9S. The number of aryl methyl sites for hydroxylation is 1. The molecule has 2 rings (SSSR count). The zero-order chi connectivity index (χ0) is 26.3. The average Bonchev–Trinajstić information content (AvgIpc) is 2.76. The van der Waals surface area contributed by atoms with E-state index in [1.807, 2.05) is 4.98 Å². The van der Waals surface area contributed by atoms with Gasteiger partial charge in [0.2, 0.25) is 15.9 Å². The third kappa shape index (κ3) is 7.28. The van der Waals surface area contributed by atoms with Gasteiger partial charge in [-0.25, -0.2) is 22.3 Å². The predicted molar refractivity (Wildman–Crippen MR) is 118 cm³/mol. The summed E-state index contributed by atoms with van der Waals surface area (Å²) in [6.45, 7) is 0.939. The molecule has 0 aliphatic rings. The summed E-state index contributed by atoms with van der Waals surface area (Å²) in [7, 11) is -4.50. The maximum Gasteiger partial charge on any atom is 0.328 e. The number of sulfonamides is 1. The Morgan fingerprint density at radius 3 is 2.63 bits per heavy atom. The van der Waals surface area contributed by atoms with Crippen LogP contribution in [0.4, 0.5) is 10.1 Å². The first kappa shape index (κ1) is 27.3. The minimum atomic E-state index is -4.50. The SMILES string of the molecule is CCOC(=O)CN(CCNS(=O)(=O)c1ccc(F)cc1[N+](=O)[O-])C(=O)Cn1cc(C)c(=O)[nH]c1=O. The summed E-state index contributed by atoms with van der Waals surface area (Å²) >= 11 is 0. The molecule has 0 aliphatic carbocycles. The molecule has 0 aliphatic heterocycles. The monoisotopic (exact) mass is 515 g/mol. The van der Waals surface area contributed by atoms with E-state index in [1.54, 1.807) is 0 Å². The van der Waals surface area contributed by atoms with Crippen molar-refractivity contribution in [3.63, 3.8) is 0 Å². The normalized spacial score (nSPS) is 11.2. The molecule has 2 aromatic rings. The summed E-state index contributed by atoms with van der Waals surface area (Å²) in [6.07, 6.45) is 1.15. The summed E-state index contributed by atoms with van der Waals surface area (Å²) < 4.78 is 46.2. The van der Waals surface area contributed by atoms with Crippen molar-refractivity contribution in [2.75, 3.05) is 26.2 Å². The fourth-order valence-electron chi connectivity index (χ4n) is 2.89. The molecule has 35 heavy (non-hydrogen) atoms. The number of aromatic amines is 1. The number of hydrogen-bond donors (Lipinski definition) is 2. The lowest BCUT2D eigenvalue weighted by Gasteiger charge is -2.22. The van der Waals surface area contributed by atoms with Crippen LogP contribution in [-0.4, -0.2) is 65.9 Å². The molecule has 0 fully saturated rings. The van der Waals surface area contributed by atoms with Gasteiger partial charge in [-0.15, -0.1) is 0 Å². The van der Waals surface area contributed by atoms with Crippen molar-refractivity contribution in [3.05, 3.63) is 66.7 Å². The molecule has 1 heterocycles. The Morgan fingerprint density at radius 1 is 1.31 bits per heavy atom. The fraction of sp³-hybridized carbons (Fsp3) is 0.368. The standard InChI is InChI=1S/C19H22FN5O9S/c1-3-34-17(27)11-23(16(26)10-24-9-12(2)18(28)22-19(24)29)7-6-21-35(32,33)15-5-4-13(20)8-14(15)25(30)31/h4-5,8-9,21H,3,6-7,10-11H2,1-2H3,(H,22,28,29). The zero-order valence-corrected chi connectivity index (χ0v) is 19.5. The highest BCUT2D eigenvalue weighted by atomic mass is 32.2. The Balaban J connectivity index is 2.21. The van der Waals surface area contributed by atoms with Crippen LogP contribution in [0.1, 0.15) is 12.5 Å². The van der Waals surface area contributed by atoms with E-state index in [2.05, 4.69) is 4.72 Å². The second kappa shape index (κ2) is 11.5. The van der Waals surface area contributed by atoms with Gasteiger partial charge in [0, 0.05) is 24.8 Å². The van der Waals surface area contributed by atoms with Crippen LogP contribution in [-0.2, 0) is 30.9 Å². The largest absolute Gasteiger partial charge is 0.465 e. The second-order valence-corrected chi connectivity index (χ2v) is 8.82. The third-order valence-electron chi connectivity index (χ3n) is 4.55. The number of nitro benzene ring substituents is 1. The number of halogens is 1. The molecule has 0 radical (unpaired) electrons. The highest BCUT2D eigenvalue weighted by Crippen LogP contribution is 2.24. The van der Waals surface area contributed by atoms with Crippen LogP contribution in [0.25, 0.3) is 0 Å². The second-order valence-electron chi connectivity index (χ2n) is 7.09. The van der Waals surface area contributed by atoms with Crippen LogP contribution in [0.5, 0.6) is 0 Å². The molecule has 16 heteroatoms. The van der Waals surface area contributed by atoms with E-state index in [-0.39, 0.29) is 18.7 Å². The van der Waals surface area contributed by atoms with Crippen LogP contribution >= 0.6 is 0 Å². The van der Waals surface area contributed by atoms with Crippen LogP contribution < -0.4 is 16.0 Å². The molecule has 0 unspecified atom stereocenters. The number of nitro groups is 1. The number of H-pyrrole nitrogens is 1. The van der Waals surface area contributed by atoms with Gasteiger partial charge in [0.25, 0.3) is 11.2 Å². The molecular weight excluding hydrogens is 493 g/mol. The molecule has 1 aromatic carbocycles. The van der Waals surface area contributed by atoms with Crippen molar-refractivity contribution in [2.24, 2.45) is 0 Å². The molecule has 0 bridgehead atoms. The molecule has 14 nitrogen and oxygen atoms in total. The van der Waals surface area contributed by atoms with E-state index in [4.69, 9.17) is 4.74 Å². The van der Waals surface area contributed by atoms with Gasteiger partial charge in [0.1, 0.15) is 18.9 Å². The molecule has 1 aromatic heterocycles. The van der Waals surface area contributed by atoms with E-state index >= 15 is 0 Å². The fourth-order valence-corrected chi connectivity index (χ4v) is 4.06. The van der Waals surface area contributed by atoms with Crippen molar-refractivity contribution in [3.8, 4) is 0 Å². The predicted octanol–water partition coefficient (Wildman–Crippen LogP) is -0.737. The Morgan fingerprint density at radius 2 is 2.00 bits per heavy atom. The number of carbonyl (C=O) groups excluding carboxylic acids is 2. The number of ether oxygens (including phenoxy) is 1. The number of benzene rings is 1. The summed E-state index contributed by atoms with van der Waals surface area (Å²) in [6, 6.07) is 1.92. The van der Waals surface area contributed by atoms with E-state index in [1.165, 1.54) is 13.8 Å². The quantitative estimate of drug-likeness (QED) is 0.220. The van der Waals surface area contributed by atoms with Crippen LogP contribution in [0, 0.1) is 22.9 Å². The molecule has 0 saturated heterocycles.